The summed E-state index contributed by atoms with van der Waals surface area (Å²) < 4.78 is 0. The summed E-state index contributed by atoms with van der Waals surface area (Å²) in [5.74, 6) is 0. The lowest BCUT2D eigenvalue weighted by Gasteiger charge is -2.29. The largest absolute Gasteiger partial charge is 0.369 e. The molecule has 0 aromatic heterocycles. The lowest BCUT2D eigenvalue weighted by atomic mass is 10.2. The zero-order valence-electron chi connectivity index (χ0n) is 8.34. The molecule has 0 aromatic carbocycles. The van der Waals surface area contributed by atoms with Crippen LogP contribution in [-0.2, 0) is 0 Å². The molecule has 1 aliphatic heterocycles. The molecule has 0 atom stereocenters. The SMILES string of the molecule is C=C(C)/C=C\C(=C)N1CCNCC1. The molecule has 1 fully saturated rings. The summed E-state index contributed by atoms with van der Waals surface area (Å²) in [6.07, 6.45) is 4.04. The smallest absolute Gasteiger partial charge is 0.0303 e. The highest BCUT2D eigenvalue weighted by molar-refractivity contribution is 5.22. The van der Waals surface area contributed by atoms with Crippen LogP contribution in [0.5, 0.6) is 0 Å². The fraction of sp³-hybridized carbons (Fsp3) is 0.455. The third-order valence-electron chi connectivity index (χ3n) is 2.08. The third kappa shape index (κ3) is 3.47. The summed E-state index contributed by atoms with van der Waals surface area (Å²) in [6, 6.07) is 0. The van der Waals surface area contributed by atoms with Gasteiger partial charge in [-0.3, -0.25) is 0 Å². The van der Waals surface area contributed by atoms with Crippen molar-refractivity contribution in [2.24, 2.45) is 0 Å². The van der Waals surface area contributed by atoms with Crippen LogP contribution in [0, 0.1) is 0 Å². The van der Waals surface area contributed by atoms with Crippen LogP contribution in [0.25, 0.3) is 0 Å². The van der Waals surface area contributed by atoms with E-state index in [1.165, 1.54) is 0 Å². The first-order valence-electron chi connectivity index (χ1n) is 4.68. The summed E-state index contributed by atoms with van der Waals surface area (Å²) in [5.41, 5.74) is 2.15. The number of hydrogen-bond acceptors (Lipinski definition) is 2. The fourth-order valence-electron chi connectivity index (χ4n) is 1.30. The topological polar surface area (TPSA) is 15.3 Å². The maximum Gasteiger partial charge on any atom is 0.0303 e. The predicted octanol–water partition coefficient (Wildman–Crippen LogP) is 1.54. The van der Waals surface area contributed by atoms with Crippen molar-refractivity contribution in [2.75, 3.05) is 26.2 Å². The molecule has 0 amide bonds. The second-order valence-corrected chi connectivity index (χ2v) is 3.41. The first-order valence-corrected chi connectivity index (χ1v) is 4.68. The van der Waals surface area contributed by atoms with Crippen molar-refractivity contribution in [2.45, 2.75) is 6.92 Å². The average molecular weight is 178 g/mol. The molecule has 2 nitrogen and oxygen atoms in total. The van der Waals surface area contributed by atoms with Gasteiger partial charge in [0.1, 0.15) is 0 Å². The number of hydrogen-bond donors (Lipinski definition) is 1. The average Bonchev–Trinajstić information content (AvgIpc) is 2.15. The van der Waals surface area contributed by atoms with Gasteiger partial charge in [0.25, 0.3) is 0 Å². The summed E-state index contributed by atoms with van der Waals surface area (Å²) in [4.78, 5) is 2.29. The van der Waals surface area contributed by atoms with E-state index in [2.05, 4.69) is 23.4 Å². The van der Waals surface area contributed by atoms with Crippen molar-refractivity contribution in [3.63, 3.8) is 0 Å². The van der Waals surface area contributed by atoms with Crippen LogP contribution in [0.4, 0.5) is 0 Å². The molecule has 13 heavy (non-hydrogen) atoms. The number of nitrogens with one attached hydrogen (secondary N) is 1. The standard InChI is InChI=1S/C11H18N2/c1-10(2)4-5-11(3)13-8-6-12-7-9-13/h4-5,12H,1,3,6-9H2,2H3/b5-4-. The van der Waals surface area contributed by atoms with E-state index in [0.717, 1.165) is 37.4 Å². The first-order chi connectivity index (χ1) is 6.20. The Morgan fingerprint density at radius 2 is 1.85 bits per heavy atom. The zero-order valence-corrected chi connectivity index (χ0v) is 8.34. The van der Waals surface area contributed by atoms with Gasteiger partial charge in [0, 0.05) is 31.9 Å². The Labute approximate surface area is 80.6 Å². The van der Waals surface area contributed by atoms with Gasteiger partial charge in [-0.25, -0.2) is 0 Å². The molecule has 2 heteroatoms. The van der Waals surface area contributed by atoms with Crippen LogP contribution in [-0.4, -0.2) is 31.1 Å². The first kappa shape index (κ1) is 10.1. The number of nitrogens with zero attached hydrogens (tertiary/aromatic N) is 1. The molecule has 0 aliphatic carbocycles. The summed E-state index contributed by atoms with van der Waals surface area (Å²) >= 11 is 0. The maximum atomic E-state index is 4.02. The molecular weight excluding hydrogens is 160 g/mol. The molecule has 0 spiro atoms. The Kier molecular flexibility index (Phi) is 3.77. The maximum absolute atomic E-state index is 4.02. The van der Waals surface area contributed by atoms with Crippen LogP contribution in [0.2, 0.25) is 0 Å². The lowest BCUT2D eigenvalue weighted by molar-refractivity contribution is 0.308. The van der Waals surface area contributed by atoms with Gasteiger partial charge < -0.3 is 10.2 Å². The summed E-state index contributed by atoms with van der Waals surface area (Å²) in [7, 11) is 0. The van der Waals surface area contributed by atoms with E-state index in [4.69, 9.17) is 0 Å². The van der Waals surface area contributed by atoms with Gasteiger partial charge in [-0.2, -0.15) is 0 Å². The number of allylic oxidation sites excluding steroid dienone is 3. The van der Waals surface area contributed by atoms with Gasteiger partial charge in [0.15, 0.2) is 0 Å². The molecule has 0 unspecified atom stereocenters. The van der Waals surface area contributed by atoms with Crippen LogP contribution in [0.15, 0.2) is 36.6 Å². The molecule has 1 aliphatic rings. The molecule has 0 aromatic rings. The van der Waals surface area contributed by atoms with E-state index in [1.54, 1.807) is 0 Å². The second kappa shape index (κ2) is 4.87. The minimum absolute atomic E-state index is 1.05. The normalized spacial score (nSPS) is 17.8. The Bertz CT molecular complexity index is 222. The van der Waals surface area contributed by atoms with Crippen LogP contribution in [0.3, 0.4) is 0 Å². The molecular formula is C11H18N2. The molecule has 1 heterocycles. The van der Waals surface area contributed by atoms with Gasteiger partial charge in [-0.05, 0) is 13.0 Å². The van der Waals surface area contributed by atoms with E-state index in [0.29, 0.717) is 0 Å². The van der Waals surface area contributed by atoms with Crippen molar-refractivity contribution in [3.05, 3.63) is 36.6 Å². The van der Waals surface area contributed by atoms with Crippen molar-refractivity contribution in [1.82, 2.24) is 10.2 Å². The van der Waals surface area contributed by atoms with Gasteiger partial charge in [0.05, 0.1) is 0 Å². The Morgan fingerprint density at radius 3 is 2.38 bits per heavy atom. The Balaban J connectivity index is 2.41. The number of rotatable bonds is 3. The van der Waals surface area contributed by atoms with Crippen molar-refractivity contribution in [1.29, 1.82) is 0 Å². The Morgan fingerprint density at radius 1 is 1.23 bits per heavy atom. The predicted molar refractivity (Wildman–Crippen MR) is 57.5 cm³/mol. The van der Waals surface area contributed by atoms with Crippen LogP contribution >= 0.6 is 0 Å². The minimum Gasteiger partial charge on any atom is -0.369 e. The fourth-order valence-corrected chi connectivity index (χ4v) is 1.30. The lowest BCUT2D eigenvalue weighted by Crippen LogP contribution is -2.42. The van der Waals surface area contributed by atoms with Crippen molar-refractivity contribution < 1.29 is 0 Å². The van der Waals surface area contributed by atoms with Gasteiger partial charge in [-0.15, -0.1) is 0 Å². The second-order valence-electron chi connectivity index (χ2n) is 3.41. The molecule has 1 rings (SSSR count). The highest BCUT2D eigenvalue weighted by atomic mass is 15.2. The quantitative estimate of drug-likeness (QED) is 0.659. The van der Waals surface area contributed by atoms with E-state index in [1.807, 2.05) is 19.1 Å². The van der Waals surface area contributed by atoms with E-state index in [-0.39, 0.29) is 0 Å². The molecule has 0 bridgehead atoms. The molecule has 0 radical (unpaired) electrons. The monoisotopic (exact) mass is 178 g/mol. The highest BCUT2D eigenvalue weighted by Gasteiger charge is 2.08. The van der Waals surface area contributed by atoms with E-state index < -0.39 is 0 Å². The Hall–Kier alpha value is -1.02. The van der Waals surface area contributed by atoms with Gasteiger partial charge in [-0.1, -0.05) is 24.8 Å². The van der Waals surface area contributed by atoms with Gasteiger partial charge in [0.2, 0.25) is 0 Å². The number of piperazine rings is 1. The van der Waals surface area contributed by atoms with Crippen molar-refractivity contribution in [3.8, 4) is 0 Å². The highest BCUT2D eigenvalue weighted by Crippen LogP contribution is 2.05. The minimum atomic E-state index is 1.05. The molecule has 0 saturated carbocycles. The van der Waals surface area contributed by atoms with Crippen LogP contribution < -0.4 is 5.32 Å². The van der Waals surface area contributed by atoms with E-state index >= 15 is 0 Å². The van der Waals surface area contributed by atoms with Crippen molar-refractivity contribution >= 4 is 0 Å². The molecule has 72 valence electrons. The van der Waals surface area contributed by atoms with E-state index in [9.17, 15) is 0 Å². The third-order valence-corrected chi connectivity index (χ3v) is 2.08. The zero-order chi connectivity index (χ0) is 9.68. The summed E-state index contributed by atoms with van der Waals surface area (Å²) in [5, 5.41) is 3.31. The summed E-state index contributed by atoms with van der Waals surface area (Å²) in [6.45, 7) is 14.0. The van der Waals surface area contributed by atoms with Gasteiger partial charge >= 0.3 is 0 Å². The molecule has 1 N–H and O–H groups in total. The molecule has 1 saturated heterocycles. The van der Waals surface area contributed by atoms with Crippen LogP contribution in [0.1, 0.15) is 6.92 Å².